The number of methoxy groups -OCH3 is 1. The smallest absolute Gasteiger partial charge is 0.330 e. The van der Waals surface area contributed by atoms with Crippen LogP contribution in [0.3, 0.4) is 0 Å². The van der Waals surface area contributed by atoms with Crippen molar-refractivity contribution in [3.8, 4) is 0 Å². The van der Waals surface area contributed by atoms with Gasteiger partial charge >= 0.3 is 5.97 Å². The second-order valence-corrected chi connectivity index (χ2v) is 7.46. The Balaban J connectivity index is 2.47. The van der Waals surface area contributed by atoms with Crippen LogP contribution in [0.25, 0.3) is 0 Å². The Labute approximate surface area is 156 Å². The molecule has 2 rings (SSSR count). The normalized spacial score (nSPS) is 13.4. The lowest BCUT2D eigenvalue weighted by molar-refractivity contribution is -0.144. The number of carbonyl (C=O) groups is 2. The second kappa shape index (κ2) is 8.74. The number of nitrogens with one attached hydrogen (secondary N) is 2. The highest BCUT2D eigenvalue weighted by Gasteiger charge is 2.34. The van der Waals surface area contributed by atoms with Gasteiger partial charge in [-0.2, -0.15) is 0 Å². The Bertz CT molecular complexity index is 898. The van der Waals surface area contributed by atoms with E-state index in [0.717, 1.165) is 24.8 Å². The van der Waals surface area contributed by atoms with Crippen LogP contribution in [0.1, 0.15) is 17.2 Å². The number of carbonyl (C=O) groups excluding carboxylic acids is 2. The van der Waals surface area contributed by atoms with E-state index in [0.29, 0.717) is 0 Å². The summed E-state index contributed by atoms with van der Waals surface area (Å²) < 4.78 is 45.8. The molecule has 0 aliphatic heterocycles. The molecule has 0 aliphatic rings. The van der Waals surface area contributed by atoms with Gasteiger partial charge in [0.2, 0.25) is 16.4 Å². The van der Waals surface area contributed by atoms with Gasteiger partial charge in [0.25, 0.3) is 0 Å². The zero-order valence-corrected chi connectivity index (χ0v) is 15.5. The molecule has 9 heteroatoms. The third-order valence-electron chi connectivity index (χ3n) is 3.88. The minimum absolute atomic E-state index is 0.0186. The van der Waals surface area contributed by atoms with Crippen molar-refractivity contribution in [1.82, 2.24) is 10.0 Å². The summed E-state index contributed by atoms with van der Waals surface area (Å²) in [7, 11) is -2.94. The zero-order chi connectivity index (χ0) is 20.0. The molecule has 0 radical (unpaired) electrons. The Morgan fingerprint density at radius 3 is 2.22 bits per heavy atom. The molecule has 0 fully saturated rings. The molecule has 0 aliphatic carbocycles. The van der Waals surface area contributed by atoms with Gasteiger partial charge in [0.1, 0.15) is 11.9 Å². The van der Waals surface area contributed by atoms with Crippen LogP contribution < -0.4 is 10.0 Å². The number of amides is 1. The molecule has 0 spiro atoms. The van der Waals surface area contributed by atoms with Crippen molar-refractivity contribution in [3.05, 3.63) is 65.5 Å². The van der Waals surface area contributed by atoms with Crippen LogP contribution in [0.5, 0.6) is 0 Å². The monoisotopic (exact) mass is 394 g/mol. The van der Waals surface area contributed by atoms with E-state index >= 15 is 0 Å². The maximum atomic E-state index is 13.3. The predicted molar refractivity (Wildman–Crippen MR) is 95.6 cm³/mol. The summed E-state index contributed by atoms with van der Waals surface area (Å²) in [5.74, 6) is -1.39. The lowest BCUT2D eigenvalue weighted by atomic mass is 10.0. The van der Waals surface area contributed by atoms with Crippen LogP contribution in [-0.4, -0.2) is 33.9 Å². The average molecular weight is 394 g/mol. The Morgan fingerprint density at radius 2 is 1.70 bits per heavy atom. The number of halogens is 1. The first-order chi connectivity index (χ1) is 12.8. The third-order valence-corrected chi connectivity index (χ3v) is 5.34. The molecule has 2 aromatic rings. The number of rotatable bonds is 8. The van der Waals surface area contributed by atoms with E-state index in [4.69, 9.17) is 0 Å². The molecular formula is C18H19FN2O5S. The molecule has 2 unspecified atom stereocenters. The van der Waals surface area contributed by atoms with E-state index in [1.54, 1.807) is 12.1 Å². The van der Waals surface area contributed by atoms with E-state index in [2.05, 4.69) is 14.8 Å². The van der Waals surface area contributed by atoms with Crippen molar-refractivity contribution in [1.29, 1.82) is 0 Å². The highest BCUT2D eigenvalue weighted by atomic mass is 32.2. The third kappa shape index (κ3) is 5.11. The van der Waals surface area contributed by atoms with Crippen molar-refractivity contribution < 1.29 is 27.1 Å². The topological polar surface area (TPSA) is 102 Å². The summed E-state index contributed by atoms with van der Waals surface area (Å²) in [6.45, 7) is 1.81. The van der Waals surface area contributed by atoms with Gasteiger partial charge in [-0.15, -0.1) is 0 Å². The van der Waals surface area contributed by atoms with Gasteiger partial charge in [0.05, 0.1) is 18.0 Å². The van der Waals surface area contributed by atoms with Gasteiger partial charge in [-0.05, 0) is 36.8 Å². The number of hydrogen-bond acceptors (Lipinski definition) is 5. The van der Waals surface area contributed by atoms with Gasteiger partial charge in [0, 0.05) is 0 Å². The number of hydrogen-bond donors (Lipinski definition) is 2. The van der Waals surface area contributed by atoms with Crippen molar-refractivity contribution in [2.45, 2.75) is 23.9 Å². The summed E-state index contributed by atoms with van der Waals surface area (Å²) in [6, 6.07) is 8.41. The van der Waals surface area contributed by atoms with Crippen molar-refractivity contribution in [2.24, 2.45) is 0 Å². The molecule has 144 valence electrons. The van der Waals surface area contributed by atoms with E-state index in [1.807, 2.05) is 6.92 Å². The zero-order valence-electron chi connectivity index (χ0n) is 14.7. The van der Waals surface area contributed by atoms with Crippen LogP contribution in [-0.2, 0) is 24.3 Å². The SMILES string of the molecule is COC(=O)C(NC=O)C(NS(=O)(=O)c1ccc(C)cc1)c1ccc(F)cc1. The fourth-order valence-corrected chi connectivity index (χ4v) is 3.69. The van der Waals surface area contributed by atoms with Crippen LogP contribution in [0.2, 0.25) is 0 Å². The van der Waals surface area contributed by atoms with Gasteiger partial charge in [-0.25, -0.2) is 22.3 Å². The first-order valence-electron chi connectivity index (χ1n) is 7.90. The van der Waals surface area contributed by atoms with E-state index in [-0.39, 0.29) is 16.9 Å². The Hall–Kier alpha value is -2.78. The highest BCUT2D eigenvalue weighted by molar-refractivity contribution is 7.89. The predicted octanol–water partition coefficient (Wildman–Crippen LogP) is 1.44. The van der Waals surface area contributed by atoms with E-state index < -0.39 is 33.9 Å². The molecule has 2 N–H and O–H groups in total. The first-order valence-corrected chi connectivity index (χ1v) is 9.39. The summed E-state index contributed by atoms with van der Waals surface area (Å²) in [6.07, 6.45) is 0.262. The van der Waals surface area contributed by atoms with Gasteiger partial charge in [0.15, 0.2) is 0 Å². The minimum Gasteiger partial charge on any atom is -0.467 e. The summed E-state index contributed by atoms with van der Waals surface area (Å²) in [5, 5.41) is 2.25. The Kier molecular flexibility index (Phi) is 6.65. The number of sulfonamides is 1. The van der Waals surface area contributed by atoms with Gasteiger partial charge in [-0.1, -0.05) is 29.8 Å². The van der Waals surface area contributed by atoms with Crippen LogP contribution in [0, 0.1) is 12.7 Å². The van der Waals surface area contributed by atoms with Crippen LogP contribution >= 0.6 is 0 Å². The fraction of sp³-hybridized carbons (Fsp3) is 0.222. The molecule has 2 aromatic carbocycles. The van der Waals surface area contributed by atoms with E-state index in [9.17, 15) is 22.4 Å². The van der Waals surface area contributed by atoms with Crippen molar-refractivity contribution in [3.63, 3.8) is 0 Å². The molecule has 0 heterocycles. The first kappa shape index (κ1) is 20.5. The Morgan fingerprint density at radius 1 is 1.11 bits per heavy atom. The lowest BCUT2D eigenvalue weighted by Crippen LogP contribution is -2.48. The molecule has 0 bridgehead atoms. The number of benzene rings is 2. The van der Waals surface area contributed by atoms with Crippen molar-refractivity contribution >= 4 is 22.4 Å². The second-order valence-electron chi connectivity index (χ2n) is 5.75. The fourth-order valence-electron chi connectivity index (χ4n) is 2.45. The number of ether oxygens (including phenoxy) is 1. The molecule has 0 saturated carbocycles. The molecule has 7 nitrogen and oxygen atoms in total. The molecule has 0 aromatic heterocycles. The van der Waals surface area contributed by atoms with E-state index in [1.165, 1.54) is 24.3 Å². The van der Waals surface area contributed by atoms with Gasteiger partial charge in [-0.3, -0.25) is 4.79 Å². The summed E-state index contributed by atoms with van der Waals surface area (Å²) in [5.41, 5.74) is 1.15. The molecule has 2 atom stereocenters. The highest BCUT2D eigenvalue weighted by Crippen LogP contribution is 2.22. The van der Waals surface area contributed by atoms with Crippen LogP contribution in [0.15, 0.2) is 53.4 Å². The summed E-state index contributed by atoms with van der Waals surface area (Å²) in [4.78, 5) is 23.0. The molecular weight excluding hydrogens is 375 g/mol. The minimum atomic E-state index is -4.05. The molecule has 0 saturated heterocycles. The number of aryl methyl sites for hydroxylation is 1. The quantitative estimate of drug-likeness (QED) is 0.521. The number of esters is 1. The molecule has 27 heavy (non-hydrogen) atoms. The van der Waals surface area contributed by atoms with Crippen molar-refractivity contribution in [2.75, 3.05) is 7.11 Å². The average Bonchev–Trinajstić information content (AvgIpc) is 2.65. The lowest BCUT2D eigenvalue weighted by Gasteiger charge is -2.26. The van der Waals surface area contributed by atoms with Crippen LogP contribution in [0.4, 0.5) is 4.39 Å². The molecule has 1 amide bonds. The maximum absolute atomic E-state index is 13.3. The largest absolute Gasteiger partial charge is 0.467 e. The van der Waals surface area contributed by atoms with Gasteiger partial charge < -0.3 is 10.1 Å². The standard InChI is InChI=1S/C18H19FN2O5S/c1-12-3-9-15(10-4-12)27(24,25)21-16(13-5-7-14(19)8-6-13)17(20-11-22)18(23)26-2/h3-11,16-17,21H,1-2H3,(H,20,22). The maximum Gasteiger partial charge on any atom is 0.330 e. The summed E-state index contributed by atoms with van der Waals surface area (Å²) >= 11 is 0.